The number of hydrogen-bond acceptors (Lipinski definition) is 5. The highest BCUT2D eigenvalue weighted by Crippen LogP contribution is 2.38. The molecule has 5 rings (SSSR count). The molecule has 4 aromatic rings. The molecule has 38 heavy (non-hydrogen) atoms. The van der Waals surface area contributed by atoms with Crippen molar-refractivity contribution in [3.63, 3.8) is 0 Å². The number of rotatable bonds is 6. The number of aromatic amines is 1. The van der Waals surface area contributed by atoms with Crippen LogP contribution in [0.5, 0.6) is 5.75 Å². The molecular formula is C30H33N5O3. The fourth-order valence-corrected chi connectivity index (χ4v) is 5.77. The van der Waals surface area contributed by atoms with Crippen molar-refractivity contribution in [2.24, 2.45) is 17.8 Å². The maximum atomic E-state index is 13.4. The van der Waals surface area contributed by atoms with E-state index >= 15 is 0 Å². The van der Waals surface area contributed by atoms with Crippen LogP contribution in [0.4, 0.5) is 17.1 Å². The molecule has 0 saturated heterocycles. The van der Waals surface area contributed by atoms with Gasteiger partial charge in [0, 0.05) is 17.6 Å². The lowest BCUT2D eigenvalue weighted by atomic mass is 9.75. The van der Waals surface area contributed by atoms with Crippen LogP contribution >= 0.6 is 0 Å². The summed E-state index contributed by atoms with van der Waals surface area (Å²) in [7, 11) is 1.61. The number of H-pyrrole nitrogens is 1. The fourth-order valence-electron chi connectivity index (χ4n) is 5.77. The molecule has 2 N–H and O–H groups in total. The molecule has 2 aromatic carbocycles. The minimum Gasteiger partial charge on any atom is -0.496 e. The Balaban J connectivity index is 1.50. The van der Waals surface area contributed by atoms with Crippen LogP contribution in [-0.4, -0.2) is 33.8 Å². The summed E-state index contributed by atoms with van der Waals surface area (Å²) >= 11 is 0. The van der Waals surface area contributed by atoms with Crippen molar-refractivity contribution in [1.82, 2.24) is 14.6 Å². The predicted molar refractivity (Wildman–Crippen MR) is 148 cm³/mol. The number of fused-ring (bicyclic) bond motifs is 1. The van der Waals surface area contributed by atoms with Gasteiger partial charge in [-0.3, -0.25) is 9.61 Å². The number of nitrogens with one attached hydrogen (secondary N) is 2. The van der Waals surface area contributed by atoms with Crippen molar-refractivity contribution in [3.05, 3.63) is 71.2 Å². The SMILES string of the molecule is [C-]#[N+]c1cn2[nH]c(-c3cc(Nc4ccccc4C)ccc3OC)nc2c1C(=O)OC1C(C)CC(C)CC1C. The lowest BCUT2D eigenvalue weighted by molar-refractivity contribution is -0.0249. The van der Waals surface area contributed by atoms with Crippen molar-refractivity contribution in [2.45, 2.75) is 46.6 Å². The molecule has 0 amide bonds. The first-order valence-electron chi connectivity index (χ1n) is 13.0. The lowest BCUT2D eigenvalue weighted by Crippen LogP contribution is -2.37. The minimum absolute atomic E-state index is 0.185. The molecule has 2 unspecified atom stereocenters. The summed E-state index contributed by atoms with van der Waals surface area (Å²) in [5.74, 6) is 1.77. The van der Waals surface area contributed by atoms with Gasteiger partial charge in [0.15, 0.2) is 11.5 Å². The zero-order valence-corrected chi connectivity index (χ0v) is 22.4. The number of hydrogen-bond donors (Lipinski definition) is 2. The molecule has 1 aliphatic carbocycles. The van der Waals surface area contributed by atoms with Crippen molar-refractivity contribution < 1.29 is 14.3 Å². The molecule has 2 aromatic heterocycles. The highest BCUT2D eigenvalue weighted by atomic mass is 16.5. The van der Waals surface area contributed by atoms with Crippen LogP contribution in [0.1, 0.15) is 49.5 Å². The predicted octanol–water partition coefficient (Wildman–Crippen LogP) is 7.17. The third kappa shape index (κ3) is 4.72. The Kier molecular flexibility index (Phi) is 6.85. The first-order chi connectivity index (χ1) is 18.3. The summed E-state index contributed by atoms with van der Waals surface area (Å²) in [6.45, 7) is 16.2. The number of benzene rings is 2. The Morgan fingerprint density at radius 2 is 1.89 bits per heavy atom. The van der Waals surface area contributed by atoms with Gasteiger partial charge < -0.3 is 14.8 Å². The van der Waals surface area contributed by atoms with Gasteiger partial charge in [0.05, 0.1) is 19.2 Å². The zero-order valence-electron chi connectivity index (χ0n) is 22.4. The molecule has 196 valence electrons. The summed E-state index contributed by atoms with van der Waals surface area (Å²) in [5.41, 5.74) is 4.49. The van der Waals surface area contributed by atoms with Gasteiger partial charge in [0.2, 0.25) is 5.69 Å². The Morgan fingerprint density at radius 3 is 2.58 bits per heavy atom. The first-order valence-corrected chi connectivity index (χ1v) is 13.0. The van der Waals surface area contributed by atoms with E-state index in [1.54, 1.807) is 17.8 Å². The van der Waals surface area contributed by atoms with Crippen molar-refractivity contribution in [3.8, 4) is 17.1 Å². The number of nitrogens with zero attached hydrogens (tertiary/aromatic N) is 3. The van der Waals surface area contributed by atoms with Crippen molar-refractivity contribution in [1.29, 1.82) is 0 Å². The largest absolute Gasteiger partial charge is 0.496 e. The summed E-state index contributed by atoms with van der Waals surface area (Å²) in [4.78, 5) is 21.8. The lowest BCUT2D eigenvalue weighted by Gasteiger charge is -2.37. The van der Waals surface area contributed by atoms with Crippen LogP contribution in [-0.2, 0) is 4.74 Å². The molecule has 2 heterocycles. The van der Waals surface area contributed by atoms with E-state index in [1.807, 2.05) is 49.4 Å². The summed E-state index contributed by atoms with van der Waals surface area (Å²) in [6.07, 6.45) is 3.44. The van der Waals surface area contributed by atoms with E-state index in [0.717, 1.165) is 35.3 Å². The van der Waals surface area contributed by atoms with Crippen LogP contribution in [0.3, 0.4) is 0 Å². The van der Waals surface area contributed by atoms with E-state index in [2.05, 4.69) is 36.0 Å². The molecular weight excluding hydrogens is 478 g/mol. The summed E-state index contributed by atoms with van der Waals surface area (Å²) in [5, 5.41) is 6.66. The number of carbonyl (C=O) groups excluding carboxylic acids is 1. The average Bonchev–Trinajstić information content (AvgIpc) is 3.45. The van der Waals surface area contributed by atoms with Crippen molar-refractivity contribution in [2.75, 3.05) is 12.4 Å². The monoisotopic (exact) mass is 511 g/mol. The van der Waals surface area contributed by atoms with Crippen LogP contribution in [0, 0.1) is 31.2 Å². The van der Waals surface area contributed by atoms with Gasteiger partial charge in [-0.25, -0.2) is 14.6 Å². The molecule has 8 heteroatoms. The molecule has 2 atom stereocenters. The number of para-hydroxylation sites is 1. The molecule has 1 aliphatic rings. The zero-order chi connectivity index (χ0) is 27.0. The van der Waals surface area contributed by atoms with Gasteiger partial charge in [-0.1, -0.05) is 39.0 Å². The highest BCUT2D eigenvalue weighted by Gasteiger charge is 2.35. The molecule has 0 bridgehead atoms. The van der Waals surface area contributed by atoms with Crippen LogP contribution in [0.15, 0.2) is 48.7 Å². The number of aromatic nitrogens is 3. The van der Waals surface area contributed by atoms with Gasteiger partial charge in [-0.2, -0.15) is 0 Å². The van der Waals surface area contributed by atoms with Crippen LogP contribution in [0.2, 0.25) is 0 Å². The number of aryl methyl sites for hydroxylation is 1. The topological polar surface area (TPSA) is 85.0 Å². The fraction of sp³-hybridized carbons (Fsp3) is 0.367. The van der Waals surface area contributed by atoms with Gasteiger partial charge in [-0.05, 0) is 67.3 Å². The van der Waals surface area contributed by atoms with Crippen LogP contribution in [0.25, 0.3) is 21.9 Å². The Morgan fingerprint density at radius 1 is 1.16 bits per heavy atom. The minimum atomic E-state index is -0.503. The molecule has 0 radical (unpaired) electrons. The van der Waals surface area contributed by atoms with E-state index in [1.165, 1.54) is 0 Å². The number of methoxy groups -OCH3 is 1. The number of anilines is 2. The highest BCUT2D eigenvalue weighted by molar-refractivity contribution is 6.03. The second-order valence-electron chi connectivity index (χ2n) is 10.5. The smallest absolute Gasteiger partial charge is 0.331 e. The van der Waals surface area contributed by atoms with E-state index in [0.29, 0.717) is 23.1 Å². The molecule has 0 aliphatic heterocycles. The maximum Gasteiger partial charge on any atom is 0.331 e. The Bertz CT molecular complexity index is 1520. The third-order valence-electron chi connectivity index (χ3n) is 7.52. The van der Waals surface area contributed by atoms with Gasteiger partial charge >= 0.3 is 5.97 Å². The molecule has 8 nitrogen and oxygen atoms in total. The second kappa shape index (κ2) is 10.3. The normalized spacial score (nSPS) is 21.2. The van der Waals surface area contributed by atoms with Gasteiger partial charge in [0.1, 0.15) is 17.4 Å². The Hall–Kier alpha value is -4.25. The number of esters is 1. The van der Waals surface area contributed by atoms with Crippen molar-refractivity contribution >= 4 is 28.7 Å². The van der Waals surface area contributed by atoms with Gasteiger partial charge in [0.25, 0.3) is 0 Å². The van der Waals surface area contributed by atoms with E-state index in [-0.39, 0.29) is 29.2 Å². The molecule has 1 fully saturated rings. The number of ether oxygens (including phenoxy) is 2. The summed E-state index contributed by atoms with van der Waals surface area (Å²) in [6, 6.07) is 13.8. The molecule has 1 saturated carbocycles. The van der Waals surface area contributed by atoms with E-state index in [4.69, 9.17) is 21.0 Å². The second-order valence-corrected chi connectivity index (χ2v) is 10.5. The third-order valence-corrected chi connectivity index (χ3v) is 7.52. The first kappa shape index (κ1) is 25.4. The van der Waals surface area contributed by atoms with Crippen LogP contribution < -0.4 is 10.1 Å². The van der Waals surface area contributed by atoms with Gasteiger partial charge in [-0.15, -0.1) is 0 Å². The summed E-state index contributed by atoms with van der Waals surface area (Å²) < 4.78 is 13.3. The number of carbonyl (C=O) groups is 1. The average molecular weight is 512 g/mol. The maximum absolute atomic E-state index is 13.4. The van der Waals surface area contributed by atoms with E-state index in [9.17, 15) is 4.79 Å². The van der Waals surface area contributed by atoms with E-state index < -0.39 is 5.97 Å². The standard InChI is InChI=1S/C30H33N5O3/c1-17-13-19(3)27(20(4)14-17)38-30(36)26-24(31-5)16-35-29(26)33-28(34-35)22-15-21(11-12-25(22)37-6)32-23-10-8-7-9-18(23)2/h7-12,15-17,19-20,27,32H,13-14H2,1-4,6H3,(H,33,34). The molecule has 0 spiro atoms. The quantitative estimate of drug-likeness (QED) is 0.212. The Labute approximate surface area is 222 Å².